The second kappa shape index (κ2) is 6.62. The smallest absolute Gasteiger partial charge is 0.241 e. The first-order chi connectivity index (χ1) is 9.90. The Morgan fingerprint density at radius 3 is 2.67 bits per heavy atom. The lowest BCUT2D eigenvalue weighted by Gasteiger charge is -2.24. The molecule has 0 aliphatic carbocycles. The standard InChI is InChI=1S/C14H18F2N2O2S/c1-9-14(19)18(6-3-7-21(2)20)13(17-9)10-4-5-11(15)12(16)8-10/h4-5,8-9,13,17H,3,6-7H2,1-2H3. The van der Waals surface area contributed by atoms with Crippen LogP contribution in [0.5, 0.6) is 0 Å². The Hall–Kier alpha value is -1.34. The van der Waals surface area contributed by atoms with Crippen LogP contribution in [-0.2, 0) is 15.6 Å². The zero-order valence-corrected chi connectivity index (χ0v) is 12.8. The van der Waals surface area contributed by atoms with Crippen molar-refractivity contribution < 1.29 is 17.8 Å². The van der Waals surface area contributed by atoms with Gasteiger partial charge >= 0.3 is 0 Å². The van der Waals surface area contributed by atoms with Crippen LogP contribution in [0, 0.1) is 11.6 Å². The van der Waals surface area contributed by atoms with E-state index in [-0.39, 0.29) is 11.9 Å². The lowest BCUT2D eigenvalue weighted by molar-refractivity contribution is -0.129. The van der Waals surface area contributed by atoms with Gasteiger partial charge in [0.1, 0.15) is 6.17 Å². The molecule has 1 aromatic rings. The average Bonchev–Trinajstić information content (AvgIpc) is 2.70. The Bertz CT molecular complexity index is 568. The predicted molar refractivity (Wildman–Crippen MR) is 77.0 cm³/mol. The van der Waals surface area contributed by atoms with E-state index < -0.39 is 28.6 Å². The van der Waals surface area contributed by atoms with E-state index in [4.69, 9.17) is 0 Å². The number of rotatable bonds is 5. The lowest BCUT2D eigenvalue weighted by atomic mass is 10.1. The first kappa shape index (κ1) is 16.0. The Balaban J connectivity index is 2.16. The molecule has 0 bridgehead atoms. The summed E-state index contributed by atoms with van der Waals surface area (Å²) in [6.07, 6.45) is 1.73. The van der Waals surface area contributed by atoms with Gasteiger partial charge < -0.3 is 4.90 Å². The van der Waals surface area contributed by atoms with Crippen molar-refractivity contribution in [3.63, 3.8) is 0 Å². The molecule has 1 aromatic carbocycles. The summed E-state index contributed by atoms with van der Waals surface area (Å²) < 4.78 is 37.5. The van der Waals surface area contributed by atoms with E-state index >= 15 is 0 Å². The minimum atomic E-state index is -0.934. The first-order valence-corrected chi connectivity index (χ1v) is 8.44. The fraction of sp³-hybridized carbons (Fsp3) is 0.500. The monoisotopic (exact) mass is 316 g/mol. The number of amides is 1. The maximum Gasteiger partial charge on any atom is 0.241 e. The molecule has 1 aliphatic heterocycles. The molecular weight excluding hydrogens is 298 g/mol. The van der Waals surface area contributed by atoms with Gasteiger partial charge in [0, 0.05) is 29.4 Å². The number of nitrogens with zero attached hydrogens (tertiary/aromatic N) is 1. The zero-order valence-electron chi connectivity index (χ0n) is 11.9. The average molecular weight is 316 g/mol. The molecule has 1 amide bonds. The number of carbonyl (C=O) groups is 1. The molecular formula is C14H18F2N2O2S. The van der Waals surface area contributed by atoms with E-state index in [0.29, 0.717) is 24.3 Å². The van der Waals surface area contributed by atoms with Gasteiger partial charge in [-0.1, -0.05) is 6.07 Å². The van der Waals surface area contributed by atoms with Crippen molar-refractivity contribution in [1.29, 1.82) is 0 Å². The number of hydrogen-bond acceptors (Lipinski definition) is 3. The second-order valence-electron chi connectivity index (χ2n) is 5.13. The summed E-state index contributed by atoms with van der Waals surface area (Å²) in [6.45, 7) is 2.16. The topological polar surface area (TPSA) is 49.4 Å². The molecule has 0 spiro atoms. The van der Waals surface area contributed by atoms with Crippen LogP contribution in [0.25, 0.3) is 0 Å². The van der Waals surface area contributed by atoms with Crippen molar-refractivity contribution >= 4 is 16.7 Å². The van der Waals surface area contributed by atoms with Gasteiger partial charge in [-0.2, -0.15) is 0 Å². The van der Waals surface area contributed by atoms with Gasteiger partial charge in [-0.3, -0.25) is 14.3 Å². The van der Waals surface area contributed by atoms with Crippen molar-refractivity contribution in [2.75, 3.05) is 18.6 Å². The third kappa shape index (κ3) is 3.65. The van der Waals surface area contributed by atoms with Gasteiger partial charge in [-0.25, -0.2) is 8.78 Å². The van der Waals surface area contributed by atoms with Crippen LogP contribution >= 0.6 is 0 Å². The molecule has 2 rings (SSSR count). The molecule has 0 radical (unpaired) electrons. The maximum atomic E-state index is 13.4. The van der Waals surface area contributed by atoms with Crippen LogP contribution in [0.2, 0.25) is 0 Å². The summed E-state index contributed by atoms with van der Waals surface area (Å²) in [5.41, 5.74) is 0.504. The molecule has 1 heterocycles. The molecule has 7 heteroatoms. The highest BCUT2D eigenvalue weighted by atomic mass is 32.2. The number of nitrogens with one attached hydrogen (secondary N) is 1. The lowest BCUT2D eigenvalue weighted by Crippen LogP contribution is -2.32. The predicted octanol–water partition coefficient (Wildman–Crippen LogP) is 1.55. The molecule has 3 atom stereocenters. The fourth-order valence-corrected chi connectivity index (χ4v) is 2.95. The van der Waals surface area contributed by atoms with E-state index in [1.165, 1.54) is 6.07 Å². The molecule has 1 fully saturated rings. The quantitative estimate of drug-likeness (QED) is 0.897. The number of hydrogen-bond donors (Lipinski definition) is 1. The van der Waals surface area contributed by atoms with Crippen molar-refractivity contribution in [3.05, 3.63) is 35.4 Å². The molecule has 1 saturated heterocycles. The fourth-order valence-electron chi connectivity index (χ4n) is 2.41. The minimum absolute atomic E-state index is 0.0911. The van der Waals surface area contributed by atoms with Crippen molar-refractivity contribution in [2.24, 2.45) is 0 Å². The number of carbonyl (C=O) groups excluding carboxylic acids is 1. The van der Waals surface area contributed by atoms with Crippen LogP contribution < -0.4 is 5.32 Å². The third-order valence-electron chi connectivity index (χ3n) is 3.46. The van der Waals surface area contributed by atoms with Gasteiger partial charge in [-0.15, -0.1) is 0 Å². The molecule has 0 aromatic heterocycles. The Morgan fingerprint density at radius 1 is 1.33 bits per heavy atom. The normalized spacial score (nSPS) is 23.6. The van der Waals surface area contributed by atoms with Crippen LogP contribution in [0.15, 0.2) is 18.2 Å². The minimum Gasteiger partial charge on any atom is -0.322 e. The van der Waals surface area contributed by atoms with Crippen LogP contribution in [-0.4, -0.2) is 39.6 Å². The summed E-state index contributed by atoms with van der Waals surface area (Å²) in [7, 11) is -0.916. The van der Waals surface area contributed by atoms with Crippen LogP contribution in [0.1, 0.15) is 25.1 Å². The van der Waals surface area contributed by atoms with Gasteiger partial charge in [0.15, 0.2) is 11.6 Å². The highest BCUT2D eigenvalue weighted by molar-refractivity contribution is 7.84. The molecule has 3 unspecified atom stereocenters. The van der Waals surface area contributed by atoms with E-state index in [1.807, 2.05) is 0 Å². The summed E-state index contributed by atoms with van der Waals surface area (Å²) >= 11 is 0. The molecule has 21 heavy (non-hydrogen) atoms. The molecule has 1 N–H and O–H groups in total. The SMILES string of the molecule is CC1NC(c2ccc(F)c(F)c2)N(CCCS(C)=O)C1=O. The van der Waals surface area contributed by atoms with E-state index in [2.05, 4.69) is 5.32 Å². The first-order valence-electron chi connectivity index (χ1n) is 6.71. The largest absolute Gasteiger partial charge is 0.322 e. The van der Waals surface area contributed by atoms with E-state index in [0.717, 1.165) is 12.1 Å². The molecule has 4 nitrogen and oxygen atoms in total. The van der Waals surface area contributed by atoms with Gasteiger partial charge in [0.2, 0.25) is 5.91 Å². The maximum absolute atomic E-state index is 13.4. The Morgan fingerprint density at radius 2 is 2.05 bits per heavy atom. The van der Waals surface area contributed by atoms with Crippen LogP contribution in [0.3, 0.4) is 0 Å². The van der Waals surface area contributed by atoms with Gasteiger partial charge in [-0.05, 0) is 31.0 Å². The van der Waals surface area contributed by atoms with Crippen molar-refractivity contribution in [2.45, 2.75) is 25.6 Å². The zero-order chi connectivity index (χ0) is 15.6. The Labute approximate surface area is 125 Å². The highest BCUT2D eigenvalue weighted by Crippen LogP contribution is 2.26. The summed E-state index contributed by atoms with van der Waals surface area (Å²) in [5.74, 6) is -1.44. The van der Waals surface area contributed by atoms with E-state index in [1.54, 1.807) is 18.1 Å². The Kier molecular flexibility index (Phi) is 5.05. The van der Waals surface area contributed by atoms with Crippen molar-refractivity contribution in [1.82, 2.24) is 10.2 Å². The molecule has 1 aliphatic rings. The van der Waals surface area contributed by atoms with Gasteiger partial charge in [0.05, 0.1) is 6.04 Å². The van der Waals surface area contributed by atoms with Gasteiger partial charge in [0.25, 0.3) is 0 Å². The summed E-state index contributed by atoms with van der Waals surface area (Å²) in [6, 6.07) is 3.24. The molecule has 0 saturated carbocycles. The van der Waals surface area contributed by atoms with Crippen molar-refractivity contribution in [3.8, 4) is 0 Å². The second-order valence-corrected chi connectivity index (χ2v) is 6.68. The third-order valence-corrected chi connectivity index (χ3v) is 4.33. The summed E-state index contributed by atoms with van der Waals surface area (Å²) in [5, 5.41) is 3.07. The summed E-state index contributed by atoms with van der Waals surface area (Å²) in [4.78, 5) is 13.7. The number of halogens is 2. The number of benzene rings is 1. The van der Waals surface area contributed by atoms with Crippen LogP contribution in [0.4, 0.5) is 8.78 Å². The van der Waals surface area contributed by atoms with E-state index in [9.17, 15) is 17.8 Å². The molecule has 116 valence electrons. The highest BCUT2D eigenvalue weighted by Gasteiger charge is 2.36.